The van der Waals surface area contributed by atoms with E-state index in [1.807, 2.05) is 72.8 Å². The van der Waals surface area contributed by atoms with Crippen molar-refractivity contribution in [3.63, 3.8) is 0 Å². The quantitative estimate of drug-likeness (QED) is 0.396. The van der Waals surface area contributed by atoms with Crippen LogP contribution in [0.5, 0.6) is 0 Å². The number of aliphatic hydroxyl groups excluding tert-OH is 2. The molecule has 2 fully saturated rings. The van der Waals surface area contributed by atoms with Gasteiger partial charge in [0.05, 0.1) is 17.8 Å². The van der Waals surface area contributed by atoms with Crippen molar-refractivity contribution in [2.45, 2.75) is 63.1 Å². The highest BCUT2D eigenvalue weighted by Gasteiger charge is 2.50. The van der Waals surface area contributed by atoms with Crippen molar-refractivity contribution in [2.24, 2.45) is 11.8 Å². The molecule has 2 aliphatic rings. The second-order valence-corrected chi connectivity index (χ2v) is 10.1. The van der Waals surface area contributed by atoms with Gasteiger partial charge in [-0.3, -0.25) is 0 Å². The van der Waals surface area contributed by atoms with E-state index in [9.17, 15) is 15.0 Å². The summed E-state index contributed by atoms with van der Waals surface area (Å²) in [6.07, 6.45) is 2.47. The zero-order valence-corrected chi connectivity index (χ0v) is 20.4. The lowest BCUT2D eigenvalue weighted by Gasteiger charge is -2.25. The lowest BCUT2D eigenvalue weighted by molar-refractivity contribution is -0.0958. The zero-order chi connectivity index (χ0) is 24.9. The minimum Gasteiger partial charge on any atom is -0.458 e. The zero-order valence-electron chi connectivity index (χ0n) is 20.4. The van der Waals surface area contributed by atoms with Crippen molar-refractivity contribution in [1.82, 2.24) is 0 Å². The predicted octanol–water partition coefficient (Wildman–Crippen LogP) is 5.40. The molecule has 3 aromatic carbocycles. The normalized spacial score (nSPS) is 25.9. The third kappa shape index (κ3) is 5.86. The maximum absolute atomic E-state index is 13.0. The molecule has 5 unspecified atom stereocenters. The van der Waals surface area contributed by atoms with E-state index in [1.54, 1.807) is 0 Å². The molecule has 2 N–H and O–H groups in total. The summed E-state index contributed by atoms with van der Waals surface area (Å²) in [5.41, 5.74) is 3.89. The molecule has 0 amide bonds. The van der Waals surface area contributed by atoms with E-state index in [-0.39, 0.29) is 30.0 Å². The Labute approximate surface area is 212 Å². The Balaban J connectivity index is 1.20. The first-order valence-corrected chi connectivity index (χ1v) is 13.0. The molecule has 1 aliphatic heterocycles. The van der Waals surface area contributed by atoms with Gasteiger partial charge in [0.2, 0.25) is 0 Å². The molecular formula is C31H34O5. The Morgan fingerprint density at radius 3 is 2.28 bits per heavy atom. The Morgan fingerprint density at radius 2 is 1.56 bits per heavy atom. The molecule has 1 saturated heterocycles. The van der Waals surface area contributed by atoms with Gasteiger partial charge in [-0.2, -0.15) is 0 Å². The topological polar surface area (TPSA) is 76.0 Å². The highest BCUT2D eigenvalue weighted by molar-refractivity contribution is 5.90. The number of benzene rings is 3. The van der Waals surface area contributed by atoms with E-state index in [4.69, 9.17) is 9.47 Å². The minimum absolute atomic E-state index is 0.0612. The standard InChI is InChI=1S/C31H34O5/c32-25(16-11-21-7-3-1-4-8-21)17-18-26-27-19-30(33)35-29(27)20-28(26)36-31(34)24-14-12-23(13-15-24)22-9-5-2-6-10-22/h1-10,12-15,25-30,32-33H,11,16-20H2/t25-,26?,27?,28?,29?,30?/m1/s1. The van der Waals surface area contributed by atoms with Gasteiger partial charge >= 0.3 is 5.97 Å². The van der Waals surface area contributed by atoms with Crippen LogP contribution in [0.4, 0.5) is 0 Å². The number of hydrogen-bond donors (Lipinski definition) is 2. The first-order valence-electron chi connectivity index (χ1n) is 13.0. The number of aryl methyl sites for hydroxylation is 1. The second kappa shape index (κ2) is 11.4. The molecule has 0 bridgehead atoms. The summed E-state index contributed by atoms with van der Waals surface area (Å²) in [7, 11) is 0. The number of ether oxygens (including phenoxy) is 2. The van der Waals surface area contributed by atoms with Gasteiger partial charge < -0.3 is 19.7 Å². The molecular weight excluding hydrogens is 452 g/mol. The van der Waals surface area contributed by atoms with Crippen LogP contribution in [0.1, 0.15) is 48.0 Å². The summed E-state index contributed by atoms with van der Waals surface area (Å²) < 4.78 is 11.7. The Hall–Kier alpha value is -2.99. The van der Waals surface area contributed by atoms with Gasteiger partial charge in [0.15, 0.2) is 6.29 Å². The third-order valence-electron chi connectivity index (χ3n) is 7.70. The SMILES string of the molecule is O=C(OC1CC2OC(O)CC2C1CC[C@H](O)CCc1ccccc1)c1ccc(-c2ccccc2)cc1. The summed E-state index contributed by atoms with van der Waals surface area (Å²) >= 11 is 0. The largest absolute Gasteiger partial charge is 0.458 e. The highest BCUT2D eigenvalue weighted by atomic mass is 16.6. The van der Waals surface area contributed by atoms with Crippen LogP contribution >= 0.6 is 0 Å². The molecule has 5 heteroatoms. The van der Waals surface area contributed by atoms with Crippen molar-refractivity contribution < 1.29 is 24.5 Å². The van der Waals surface area contributed by atoms with Gasteiger partial charge in [0, 0.05) is 18.8 Å². The molecule has 0 radical (unpaired) electrons. The molecule has 1 saturated carbocycles. The van der Waals surface area contributed by atoms with Crippen LogP contribution in [-0.2, 0) is 15.9 Å². The number of hydrogen-bond acceptors (Lipinski definition) is 5. The van der Waals surface area contributed by atoms with E-state index in [1.165, 1.54) is 5.56 Å². The van der Waals surface area contributed by atoms with Gasteiger partial charge in [-0.25, -0.2) is 4.79 Å². The van der Waals surface area contributed by atoms with Crippen molar-refractivity contribution in [3.8, 4) is 11.1 Å². The van der Waals surface area contributed by atoms with Crippen molar-refractivity contribution in [3.05, 3.63) is 96.1 Å². The highest BCUT2D eigenvalue weighted by Crippen LogP contribution is 2.46. The molecule has 5 nitrogen and oxygen atoms in total. The molecule has 0 spiro atoms. The minimum atomic E-state index is -0.757. The number of rotatable bonds is 9. The van der Waals surface area contributed by atoms with Gasteiger partial charge in [-0.1, -0.05) is 72.8 Å². The smallest absolute Gasteiger partial charge is 0.338 e. The average molecular weight is 487 g/mol. The van der Waals surface area contributed by atoms with Crippen LogP contribution in [-0.4, -0.2) is 40.8 Å². The van der Waals surface area contributed by atoms with Crippen molar-refractivity contribution >= 4 is 5.97 Å². The molecule has 188 valence electrons. The van der Waals surface area contributed by atoms with E-state index < -0.39 is 12.4 Å². The summed E-state index contributed by atoms with van der Waals surface area (Å²) in [6.45, 7) is 0. The first-order chi connectivity index (χ1) is 17.6. The lowest BCUT2D eigenvalue weighted by Crippen LogP contribution is -2.27. The molecule has 1 heterocycles. The van der Waals surface area contributed by atoms with Crippen LogP contribution in [0.3, 0.4) is 0 Å². The van der Waals surface area contributed by atoms with Gasteiger partial charge in [-0.15, -0.1) is 0 Å². The fraction of sp³-hybridized carbons (Fsp3) is 0.387. The molecule has 1 aliphatic carbocycles. The van der Waals surface area contributed by atoms with Crippen LogP contribution in [0.25, 0.3) is 11.1 Å². The maximum atomic E-state index is 13.0. The molecule has 36 heavy (non-hydrogen) atoms. The Bertz CT molecular complexity index is 1110. The number of aliphatic hydroxyl groups is 2. The summed E-state index contributed by atoms with van der Waals surface area (Å²) in [6, 6.07) is 27.7. The summed E-state index contributed by atoms with van der Waals surface area (Å²) in [4.78, 5) is 13.0. The third-order valence-corrected chi connectivity index (χ3v) is 7.70. The lowest BCUT2D eigenvalue weighted by atomic mass is 9.86. The van der Waals surface area contributed by atoms with Crippen molar-refractivity contribution in [2.75, 3.05) is 0 Å². The fourth-order valence-corrected chi connectivity index (χ4v) is 5.78. The monoisotopic (exact) mass is 486 g/mol. The molecule has 6 atom stereocenters. The van der Waals surface area contributed by atoms with Crippen LogP contribution < -0.4 is 0 Å². The van der Waals surface area contributed by atoms with Crippen LogP contribution in [0.15, 0.2) is 84.9 Å². The van der Waals surface area contributed by atoms with Gasteiger partial charge in [0.25, 0.3) is 0 Å². The van der Waals surface area contributed by atoms with Gasteiger partial charge in [-0.05, 0) is 60.4 Å². The number of carbonyl (C=O) groups is 1. The Kier molecular flexibility index (Phi) is 7.81. The second-order valence-electron chi connectivity index (χ2n) is 10.1. The number of esters is 1. The molecule has 0 aromatic heterocycles. The van der Waals surface area contributed by atoms with E-state index in [2.05, 4.69) is 12.1 Å². The summed E-state index contributed by atoms with van der Waals surface area (Å²) in [5, 5.41) is 20.7. The first kappa shape index (κ1) is 24.7. The van der Waals surface area contributed by atoms with Crippen LogP contribution in [0.2, 0.25) is 0 Å². The number of fused-ring (bicyclic) bond motifs is 1. The van der Waals surface area contributed by atoms with E-state index in [0.29, 0.717) is 31.2 Å². The van der Waals surface area contributed by atoms with E-state index in [0.717, 1.165) is 24.0 Å². The van der Waals surface area contributed by atoms with E-state index >= 15 is 0 Å². The van der Waals surface area contributed by atoms with Crippen molar-refractivity contribution in [1.29, 1.82) is 0 Å². The van der Waals surface area contributed by atoms with Crippen LogP contribution in [0, 0.1) is 11.8 Å². The molecule has 3 aromatic rings. The average Bonchev–Trinajstić information content (AvgIpc) is 3.42. The summed E-state index contributed by atoms with van der Waals surface area (Å²) in [5.74, 6) is -0.139. The Morgan fingerprint density at radius 1 is 0.889 bits per heavy atom. The van der Waals surface area contributed by atoms with Gasteiger partial charge in [0.1, 0.15) is 6.10 Å². The maximum Gasteiger partial charge on any atom is 0.338 e. The predicted molar refractivity (Wildman–Crippen MR) is 138 cm³/mol. The molecule has 5 rings (SSSR count). The fourth-order valence-electron chi connectivity index (χ4n) is 5.78. The number of carbonyl (C=O) groups excluding carboxylic acids is 1.